The van der Waals surface area contributed by atoms with Crippen LogP contribution in [-0.2, 0) is 0 Å². The molecule has 0 amide bonds. The zero-order valence-electron chi connectivity index (χ0n) is 9.16. The van der Waals surface area contributed by atoms with Crippen LogP contribution < -0.4 is 0 Å². The van der Waals surface area contributed by atoms with Crippen LogP contribution in [0.1, 0.15) is 24.2 Å². The van der Waals surface area contributed by atoms with Crippen molar-refractivity contribution in [3.8, 4) is 0 Å². The Bertz CT molecular complexity index is 306. The van der Waals surface area contributed by atoms with E-state index in [0.717, 1.165) is 11.3 Å². The third-order valence-electron chi connectivity index (χ3n) is 1.96. The number of Topliss-reactive ketones (excluding diaryl/α,β-unsaturated/α-hetero) is 1. The smallest absolute Gasteiger partial charge is 0.159 e. The van der Waals surface area contributed by atoms with Crippen molar-refractivity contribution in [3.63, 3.8) is 0 Å². The Balaban J connectivity index is 2.39. The van der Waals surface area contributed by atoms with Gasteiger partial charge in [-0.2, -0.15) is 11.8 Å². The zero-order chi connectivity index (χ0) is 11.1. The fourth-order valence-electron chi connectivity index (χ4n) is 1.15. The van der Waals surface area contributed by atoms with Gasteiger partial charge in [-0.3, -0.25) is 4.79 Å². The number of carbonyl (C=O) groups excluding carboxylic acids is 1. The predicted molar refractivity (Wildman–Crippen MR) is 70.2 cm³/mol. The lowest BCUT2D eigenvalue weighted by atomic mass is 10.2. The third-order valence-corrected chi connectivity index (χ3v) is 4.13. The summed E-state index contributed by atoms with van der Waals surface area (Å²) in [5.41, 5.74) is 0.794. The van der Waals surface area contributed by atoms with Crippen molar-refractivity contribution < 1.29 is 4.79 Å². The minimum absolute atomic E-state index is 0.132. The molecular formula is C12H16OS2. The summed E-state index contributed by atoms with van der Waals surface area (Å²) >= 11 is 3.81. The summed E-state index contributed by atoms with van der Waals surface area (Å²) in [6.07, 6.45) is 0. The van der Waals surface area contributed by atoms with Crippen LogP contribution in [0.4, 0.5) is 0 Å². The molecule has 0 aliphatic carbocycles. The Morgan fingerprint density at radius 3 is 2.40 bits per heavy atom. The normalized spacial score (nSPS) is 10.3. The van der Waals surface area contributed by atoms with Crippen LogP contribution in [0.2, 0.25) is 0 Å². The molecule has 0 radical (unpaired) electrons. The standard InChI is InChI=1S/C12H16OS2/c1-3-14-8-9-15-12-6-4-11(5-7-12)10(2)13/h4-7H,3,8-9H2,1-2H3. The van der Waals surface area contributed by atoms with Gasteiger partial charge in [-0.25, -0.2) is 0 Å². The lowest BCUT2D eigenvalue weighted by Crippen LogP contribution is -1.91. The Labute approximate surface area is 100 Å². The average molecular weight is 240 g/mol. The minimum Gasteiger partial charge on any atom is -0.295 e. The van der Waals surface area contributed by atoms with E-state index in [-0.39, 0.29) is 5.78 Å². The maximum Gasteiger partial charge on any atom is 0.159 e. The Hall–Kier alpha value is -0.410. The molecule has 0 saturated carbocycles. The first kappa shape index (κ1) is 12.7. The molecule has 15 heavy (non-hydrogen) atoms. The second-order valence-electron chi connectivity index (χ2n) is 3.13. The highest BCUT2D eigenvalue weighted by Crippen LogP contribution is 2.19. The second-order valence-corrected chi connectivity index (χ2v) is 5.69. The van der Waals surface area contributed by atoms with Crippen LogP contribution in [0, 0.1) is 0 Å². The number of hydrogen-bond donors (Lipinski definition) is 0. The van der Waals surface area contributed by atoms with Crippen LogP contribution in [0.25, 0.3) is 0 Å². The first-order valence-electron chi connectivity index (χ1n) is 5.05. The molecule has 0 unspecified atom stereocenters. The molecule has 0 aromatic heterocycles. The van der Waals surface area contributed by atoms with E-state index in [4.69, 9.17) is 0 Å². The summed E-state index contributed by atoms with van der Waals surface area (Å²) in [5, 5.41) is 0. The fraction of sp³-hybridized carbons (Fsp3) is 0.417. The van der Waals surface area contributed by atoms with Crippen molar-refractivity contribution in [2.45, 2.75) is 18.7 Å². The summed E-state index contributed by atoms with van der Waals surface area (Å²) in [7, 11) is 0. The van der Waals surface area contributed by atoms with Gasteiger partial charge in [0.05, 0.1) is 0 Å². The molecule has 0 atom stereocenters. The van der Waals surface area contributed by atoms with Crippen molar-refractivity contribution >= 4 is 29.3 Å². The van der Waals surface area contributed by atoms with E-state index < -0.39 is 0 Å². The molecule has 0 heterocycles. The van der Waals surface area contributed by atoms with Gasteiger partial charge in [0, 0.05) is 22.0 Å². The Morgan fingerprint density at radius 2 is 1.87 bits per heavy atom. The first-order valence-corrected chi connectivity index (χ1v) is 7.19. The molecule has 82 valence electrons. The summed E-state index contributed by atoms with van der Waals surface area (Å²) in [6.45, 7) is 3.77. The summed E-state index contributed by atoms with van der Waals surface area (Å²) < 4.78 is 0. The monoisotopic (exact) mass is 240 g/mol. The van der Waals surface area contributed by atoms with E-state index in [2.05, 4.69) is 6.92 Å². The highest BCUT2D eigenvalue weighted by Gasteiger charge is 1.99. The zero-order valence-corrected chi connectivity index (χ0v) is 10.8. The van der Waals surface area contributed by atoms with E-state index >= 15 is 0 Å². The molecule has 0 N–H and O–H groups in total. The summed E-state index contributed by atoms with van der Waals surface area (Å²) in [4.78, 5) is 12.3. The molecule has 0 saturated heterocycles. The molecule has 0 spiro atoms. The van der Waals surface area contributed by atoms with Crippen LogP contribution >= 0.6 is 23.5 Å². The highest BCUT2D eigenvalue weighted by molar-refractivity contribution is 8.02. The van der Waals surface area contributed by atoms with E-state index in [9.17, 15) is 4.79 Å². The number of ketones is 1. The molecule has 1 aromatic rings. The molecule has 1 nitrogen and oxygen atoms in total. The molecule has 1 rings (SSSR count). The quantitative estimate of drug-likeness (QED) is 0.428. The molecule has 1 aromatic carbocycles. The largest absolute Gasteiger partial charge is 0.295 e. The Kier molecular flexibility index (Phi) is 5.88. The topological polar surface area (TPSA) is 17.1 Å². The van der Waals surface area contributed by atoms with Gasteiger partial charge < -0.3 is 0 Å². The van der Waals surface area contributed by atoms with Crippen molar-refractivity contribution in [2.75, 3.05) is 17.3 Å². The SMILES string of the molecule is CCSCCSc1ccc(C(C)=O)cc1. The first-order chi connectivity index (χ1) is 7.24. The van der Waals surface area contributed by atoms with Crippen molar-refractivity contribution in [3.05, 3.63) is 29.8 Å². The summed E-state index contributed by atoms with van der Waals surface area (Å²) in [6, 6.07) is 7.85. The highest BCUT2D eigenvalue weighted by atomic mass is 32.2. The van der Waals surface area contributed by atoms with Crippen LogP contribution in [0.5, 0.6) is 0 Å². The number of rotatable bonds is 6. The number of thioether (sulfide) groups is 2. The van der Waals surface area contributed by atoms with Crippen molar-refractivity contribution in [1.82, 2.24) is 0 Å². The van der Waals surface area contributed by atoms with Gasteiger partial charge in [0.1, 0.15) is 0 Å². The van der Waals surface area contributed by atoms with Crippen LogP contribution in [0.15, 0.2) is 29.2 Å². The van der Waals surface area contributed by atoms with Gasteiger partial charge in [0.15, 0.2) is 5.78 Å². The maximum absolute atomic E-state index is 11.0. The lowest BCUT2D eigenvalue weighted by Gasteiger charge is -2.01. The molecule has 0 bridgehead atoms. The molecule has 0 aliphatic rings. The van der Waals surface area contributed by atoms with Crippen LogP contribution in [0.3, 0.4) is 0 Å². The third kappa shape index (κ3) is 4.76. The second kappa shape index (κ2) is 6.96. The van der Waals surface area contributed by atoms with E-state index in [1.807, 2.05) is 47.8 Å². The van der Waals surface area contributed by atoms with Gasteiger partial charge in [-0.05, 0) is 24.8 Å². The van der Waals surface area contributed by atoms with Crippen molar-refractivity contribution in [1.29, 1.82) is 0 Å². The predicted octanol–water partition coefficient (Wildman–Crippen LogP) is 3.73. The van der Waals surface area contributed by atoms with Crippen LogP contribution in [-0.4, -0.2) is 23.0 Å². The summed E-state index contributed by atoms with van der Waals surface area (Å²) in [5.74, 6) is 3.64. The van der Waals surface area contributed by atoms with E-state index in [1.165, 1.54) is 16.4 Å². The number of carbonyl (C=O) groups is 1. The molecule has 0 fully saturated rings. The van der Waals surface area contributed by atoms with Crippen molar-refractivity contribution in [2.24, 2.45) is 0 Å². The molecule has 3 heteroatoms. The molecular weight excluding hydrogens is 224 g/mol. The van der Waals surface area contributed by atoms with Gasteiger partial charge in [-0.15, -0.1) is 11.8 Å². The molecule has 0 aliphatic heterocycles. The van der Waals surface area contributed by atoms with Gasteiger partial charge in [0.25, 0.3) is 0 Å². The number of hydrogen-bond acceptors (Lipinski definition) is 3. The number of benzene rings is 1. The minimum atomic E-state index is 0.132. The average Bonchev–Trinajstić information content (AvgIpc) is 2.25. The fourth-order valence-corrected chi connectivity index (χ4v) is 2.81. The van der Waals surface area contributed by atoms with E-state index in [0.29, 0.717) is 0 Å². The van der Waals surface area contributed by atoms with Gasteiger partial charge in [-0.1, -0.05) is 19.1 Å². The maximum atomic E-state index is 11.0. The van der Waals surface area contributed by atoms with Gasteiger partial charge >= 0.3 is 0 Å². The Morgan fingerprint density at radius 1 is 1.20 bits per heavy atom. The van der Waals surface area contributed by atoms with E-state index in [1.54, 1.807) is 6.92 Å². The lowest BCUT2D eigenvalue weighted by molar-refractivity contribution is 0.101. The van der Waals surface area contributed by atoms with Gasteiger partial charge in [0.2, 0.25) is 0 Å².